The van der Waals surface area contributed by atoms with Gasteiger partial charge in [0.1, 0.15) is 39.6 Å². The van der Waals surface area contributed by atoms with Gasteiger partial charge in [0.05, 0.1) is 19.8 Å². The Kier molecular flexibility index (Phi) is 3.79. The number of fused-ring (bicyclic) bond motifs is 3. The van der Waals surface area contributed by atoms with Crippen molar-refractivity contribution in [3.8, 4) is 17.2 Å². The van der Waals surface area contributed by atoms with E-state index in [1.54, 1.807) is 0 Å². The van der Waals surface area contributed by atoms with Crippen LogP contribution in [-0.4, -0.2) is 42.0 Å². The van der Waals surface area contributed by atoms with Gasteiger partial charge >= 0.3 is 5.97 Å². The number of carbonyl (C=O) groups is 3. The van der Waals surface area contributed by atoms with E-state index in [1.165, 1.54) is 27.2 Å². The number of aromatic carboxylic acids is 1. The van der Waals surface area contributed by atoms with Crippen molar-refractivity contribution in [1.29, 1.82) is 0 Å². The highest BCUT2D eigenvalue weighted by atomic mass is 16.5. The zero-order valence-corrected chi connectivity index (χ0v) is 14.5. The maximum absolute atomic E-state index is 13.1. The summed E-state index contributed by atoms with van der Waals surface area (Å²) in [6.07, 6.45) is 1.15. The van der Waals surface area contributed by atoms with Crippen LogP contribution in [0.2, 0.25) is 0 Å². The van der Waals surface area contributed by atoms with Gasteiger partial charge in [-0.1, -0.05) is 0 Å². The van der Waals surface area contributed by atoms with Gasteiger partial charge in [0.2, 0.25) is 0 Å². The minimum atomic E-state index is -1.51. The second-order valence-electron chi connectivity index (χ2n) is 6.05. The second kappa shape index (κ2) is 5.62. The largest absolute Gasteiger partial charge is 0.507 e. The number of carbonyl (C=O) groups excluding carboxylic acids is 2. The molecular weight excluding hydrogens is 344 g/mol. The molecule has 1 aromatic carbocycles. The number of hydrogen-bond donors (Lipinski definition) is 2. The van der Waals surface area contributed by atoms with E-state index >= 15 is 0 Å². The van der Waals surface area contributed by atoms with Gasteiger partial charge in [-0.2, -0.15) is 0 Å². The molecule has 1 heterocycles. The molecule has 0 radical (unpaired) electrons. The molecule has 0 fully saturated rings. The minimum Gasteiger partial charge on any atom is -0.507 e. The lowest BCUT2D eigenvalue weighted by molar-refractivity contribution is -0.123. The van der Waals surface area contributed by atoms with E-state index in [9.17, 15) is 24.6 Å². The summed E-state index contributed by atoms with van der Waals surface area (Å²) in [6, 6.07) is 1.35. The Morgan fingerprint density at radius 3 is 2.31 bits per heavy atom. The maximum Gasteiger partial charge on any atom is 0.343 e. The SMILES string of the molecule is COc1cc(OC)c2c(c1C(=O)O)OC1=CC(O)=C(C(C)=O)C(=O)[C@]12C. The molecule has 26 heavy (non-hydrogen) atoms. The number of rotatable bonds is 4. The van der Waals surface area contributed by atoms with Crippen LogP contribution in [0, 0.1) is 0 Å². The average Bonchev–Trinajstić information content (AvgIpc) is 2.86. The molecule has 0 bridgehead atoms. The summed E-state index contributed by atoms with van der Waals surface area (Å²) < 4.78 is 16.1. The van der Waals surface area contributed by atoms with Crippen LogP contribution < -0.4 is 14.2 Å². The number of aliphatic hydroxyl groups is 1. The van der Waals surface area contributed by atoms with Gasteiger partial charge in [0.15, 0.2) is 17.3 Å². The van der Waals surface area contributed by atoms with Crippen molar-refractivity contribution in [2.75, 3.05) is 14.2 Å². The third kappa shape index (κ3) is 2.05. The van der Waals surface area contributed by atoms with Crippen LogP contribution in [-0.2, 0) is 15.0 Å². The molecule has 0 saturated carbocycles. The molecule has 0 spiro atoms. The molecule has 1 aromatic rings. The smallest absolute Gasteiger partial charge is 0.343 e. The highest BCUT2D eigenvalue weighted by molar-refractivity contribution is 6.25. The lowest BCUT2D eigenvalue weighted by atomic mass is 9.71. The molecule has 2 aliphatic rings. The Bertz CT molecular complexity index is 937. The zero-order valence-electron chi connectivity index (χ0n) is 14.5. The lowest BCUT2D eigenvalue weighted by Gasteiger charge is -2.28. The molecule has 1 atom stereocenters. The van der Waals surface area contributed by atoms with Crippen molar-refractivity contribution in [3.63, 3.8) is 0 Å². The Labute approximate surface area is 148 Å². The molecule has 0 saturated heterocycles. The van der Waals surface area contributed by atoms with Crippen molar-refractivity contribution < 1.29 is 38.8 Å². The van der Waals surface area contributed by atoms with Crippen molar-refractivity contribution in [3.05, 3.63) is 40.4 Å². The van der Waals surface area contributed by atoms with Gasteiger partial charge < -0.3 is 24.4 Å². The quantitative estimate of drug-likeness (QED) is 0.782. The first kappa shape index (κ1) is 17.5. The fourth-order valence-electron chi connectivity index (χ4n) is 3.35. The number of carboxylic acids is 1. The summed E-state index contributed by atoms with van der Waals surface area (Å²) in [5.41, 5.74) is -2.00. The topological polar surface area (TPSA) is 119 Å². The zero-order chi connectivity index (χ0) is 19.4. The molecular formula is C18H16O8. The summed E-state index contributed by atoms with van der Waals surface area (Å²) >= 11 is 0. The molecule has 8 nitrogen and oxygen atoms in total. The van der Waals surface area contributed by atoms with E-state index in [-0.39, 0.29) is 39.7 Å². The number of hydrogen-bond acceptors (Lipinski definition) is 7. The predicted octanol–water partition coefficient (Wildman–Crippen LogP) is 1.92. The number of carboxylic acid groups (broad SMARTS) is 1. The number of allylic oxidation sites excluding steroid dienone is 3. The number of ether oxygens (including phenoxy) is 3. The first-order valence-electron chi connectivity index (χ1n) is 7.60. The third-order valence-electron chi connectivity index (χ3n) is 4.62. The van der Waals surface area contributed by atoms with Crippen LogP contribution in [0.25, 0.3) is 0 Å². The monoisotopic (exact) mass is 360 g/mol. The first-order chi connectivity index (χ1) is 12.2. The third-order valence-corrected chi connectivity index (χ3v) is 4.62. The normalized spacial score (nSPS) is 20.8. The second-order valence-corrected chi connectivity index (χ2v) is 6.05. The lowest BCUT2D eigenvalue weighted by Crippen LogP contribution is -2.39. The summed E-state index contributed by atoms with van der Waals surface area (Å²) in [5, 5.41) is 19.6. The summed E-state index contributed by atoms with van der Waals surface area (Å²) in [4.78, 5) is 36.6. The Morgan fingerprint density at radius 2 is 1.81 bits per heavy atom. The Hall–Kier alpha value is -3.29. The summed E-state index contributed by atoms with van der Waals surface area (Å²) in [6.45, 7) is 2.65. The van der Waals surface area contributed by atoms with Crippen LogP contribution in [0.3, 0.4) is 0 Å². The van der Waals surface area contributed by atoms with E-state index in [0.717, 1.165) is 13.0 Å². The van der Waals surface area contributed by atoms with Crippen molar-refractivity contribution in [2.24, 2.45) is 0 Å². The van der Waals surface area contributed by atoms with Crippen molar-refractivity contribution >= 4 is 17.5 Å². The summed E-state index contributed by atoms with van der Waals surface area (Å²) in [5.74, 6) is -3.09. The molecule has 0 amide bonds. The van der Waals surface area contributed by atoms with Gasteiger partial charge in [0, 0.05) is 12.1 Å². The molecule has 1 aliphatic carbocycles. The highest BCUT2D eigenvalue weighted by Gasteiger charge is 2.55. The molecule has 0 unspecified atom stereocenters. The number of aliphatic hydroxyl groups excluding tert-OH is 1. The number of methoxy groups -OCH3 is 2. The van der Waals surface area contributed by atoms with Gasteiger partial charge in [-0.05, 0) is 13.8 Å². The number of benzene rings is 1. The molecule has 136 valence electrons. The van der Waals surface area contributed by atoms with E-state index in [1.807, 2.05) is 0 Å². The van der Waals surface area contributed by atoms with Gasteiger partial charge in [-0.15, -0.1) is 0 Å². The van der Waals surface area contributed by atoms with Crippen LogP contribution >= 0.6 is 0 Å². The highest BCUT2D eigenvalue weighted by Crippen LogP contribution is 2.56. The fourth-order valence-corrected chi connectivity index (χ4v) is 3.35. The van der Waals surface area contributed by atoms with Crippen LogP contribution in [0.15, 0.2) is 29.2 Å². The number of Topliss-reactive ketones (excluding diaryl/α,β-unsaturated/α-hetero) is 2. The molecule has 2 N–H and O–H groups in total. The average molecular weight is 360 g/mol. The first-order valence-corrected chi connectivity index (χ1v) is 7.60. The maximum atomic E-state index is 13.1. The standard InChI is InChI=1S/C18H16O8/c1-7(19)12-8(20)5-11-18(2,16(12)21)14-10(25-4)6-9(24-3)13(17(22)23)15(14)26-11/h5-6,20H,1-4H3,(H,22,23)/t18-/m1/s1. The van der Waals surface area contributed by atoms with Gasteiger partial charge in [-0.3, -0.25) is 9.59 Å². The minimum absolute atomic E-state index is 0.00707. The van der Waals surface area contributed by atoms with E-state index in [2.05, 4.69) is 0 Å². The van der Waals surface area contributed by atoms with Gasteiger partial charge in [-0.25, -0.2) is 4.79 Å². The van der Waals surface area contributed by atoms with E-state index in [4.69, 9.17) is 14.2 Å². The van der Waals surface area contributed by atoms with Crippen molar-refractivity contribution in [2.45, 2.75) is 19.3 Å². The van der Waals surface area contributed by atoms with E-state index < -0.39 is 28.7 Å². The Balaban J connectivity index is 2.39. The predicted molar refractivity (Wildman–Crippen MR) is 87.9 cm³/mol. The number of ketones is 2. The van der Waals surface area contributed by atoms with Crippen LogP contribution in [0.1, 0.15) is 29.8 Å². The fraction of sp³-hybridized carbons (Fsp3) is 0.278. The van der Waals surface area contributed by atoms with E-state index in [0.29, 0.717) is 0 Å². The molecule has 8 heteroatoms. The molecule has 0 aromatic heterocycles. The van der Waals surface area contributed by atoms with Crippen LogP contribution in [0.5, 0.6) is 17.2 Å². The summed E-state index contributed by atoms with van der Waals surface area (Å²) in [7, 11) is 2.65. The van der Waals surface area contributed by atoms with Crippen molar-refractivity contribution in [1.82, 2.24) is 0 Å². The molecule has 3 rings (SSSR count). The Morgan fingerprint density at radius 1 is 1.19 bits per heavy atom. The van der Waals surface area contributed by atoms with Gasteiger partial charge in [0.25, 0.3) is 0 Å². The van der Waals surface area contributed by atoms with Crippen LogP contribution in [0.4, 0.5) is 0 Å². The molecule has 1 aliphatic heterocycles.